The second-order valence-electron chi connectivity index (χ2n) is 5.50. The zero-order valence-corrected chi connectivity index (χ0v) is 15.1. The summed E-state index contributed by atoms with van der Waals surface area (Å²) in [6, 6.07) is 17.2. The van der Waals surface area contributed by atoms with Crippen molar-refractivity contribution in [2.45, 2.75) is 13.3 Å². The molecular weight excluding hydrogens is 353 g/mol. The SMILES string of the molecule is CCc1c(-c2ccccc2)nc(N)c(C#N)c1-c1c(Cl)cccc1Cl. The Balaban J connectivity index is 2.46. The van der Waals surface area contributed by atoms with Crippen LogP contribution in [0, 0.1) is 11.3 Å². The van der Waals surface area contributed by atoms with Crippen LogP contribution in [0.4, 0.5) is 5.82 Å². The van der Waals surface area contributed by atoms with Gasteiger partial charge in [0.1, 0.15) is 17.5 Å². The molecule has 0 atom stereocenters. The predicted molar refractivity (Wildman–Crippen MR) is 104 cm³/mol. The van der Waals surface area contributed by atoms with Crippen LogP contribution < -0.4 is 5.73 Å². The van der Waals surface area contributed by atoms with Crippen molar-refractivity contribution in [2.75, 3.05) is 5.73 Å². The standard InChI is InChI=1S/C20H15Cl2N3/c1-2-13-17(18-15(21)9-6-10-16(18)22)14(11-23)20(24)25-19(13)12-7-4-3-5-8-12/h3-10H,2H2,1H3,(H2,24,25). The molecule has 3 rings (SSSR count). The largest absolute Gasteiger partial charge is 0.383 e. The highest BCUT2D eigenvalue weighted by Gasteiger charge is 2.23. The maximum Gasteiger partial charge on any atom is 0.142 e. The smallest absolute Gasteiger partial charge is 0.142 e. The number of aromatic nitrogens is 1. The summed E-state index contributed by atoms with van der Waals surface area (Å²) >= 11 is 12.8. The van der Waals surface area contributed by atoms with E-state index in [2.05, 4.69) is 11.1 Å². The average molecular weight is 368 g/mol. The van der Waals surface area contributed by atoms with E-state index in [4.69, 9.17) is 28.9 Å². The van der Waals surface area contributed by atoms with Crippen molar-refractivity contribution in [2.24, 2.45) is 0 Å². The first kappa shape index (κ1) is 17.3. The summed E-state index contributed by atoms with van der Waals surface area (Å²) in [5.74, 6) is 0.171. The zero-order valence-electron chi connectivity index (χ0n) is 13.6. The van der Waals surface area contributed by atoms with E-state index in [0.717, 1.165) is 16.8 Å². The molecule has 25 heavy (non-hydrogen) atoms. The van der Waals surface area contributed by atoms with Crippen molar-refractivity contribution in [3.05, 3.63) is 69.7 Å². The molecule has 2 aromatic carbocycles. The van der Waals surface area contributed by atoms with Crippen molar-refractivity contribution in [3.8, 4) is 28.5 Å². The van der Waals surface area contributed by atoms with Crippen LogP contribution in [-0.2, 0) is 6.42 Å². The maximum absolute atomic E-state index is 9.67. The summed E-state index contributed by atoms with van der Waals surface area (Å²) in [6.07, 6.45) is 0.656. The van der Waals surface area contributed by atoms with E-state index < -0.39 is 0 Å². The lowest BCUT2D eigenvalue weighted by Crippen LogP contribution is -2.05. The molecule has 3 aromatic rings. The van der Waals surface area contributed by atoms with Gasteiger partial charge in [-0.05, 0) is 24.1 Å². The lowest BCUT2D eigenvalue weighted by atomic mass is 9.90. The third-order valence-electron chi connectivity index (χ3n) is 4.05. The van der Waals surface area contributed by atoms with Gasteiger partial charge in [-0.1, -0.05) is 66.5 Å². The number of halogens is 2. The summed E-state index contributed by atoms with van der Waals surface area (Å²) in [5, 5.41) is 10.6. The van der Waals surface area contributed by atoms with Gasteiger partial charge in [0, 0.05) is 26.7 Å². The molecule has 3 nitrogen and oxygen atoms in total. The lowest BCUT2D eigenvalue weighted by Gasteiger charge is -2.18. The first-order valence-electron chi connectivity index (χ1n) is 7.80. The van der Waals surface area contributed by atoms with E-state index in [0.29, 0.717) is 33.2 Å². The fourth-order valence-electron chi connectivity index (χ4n) is 2.95. The van der Waals surface area contributed by atoms with Gasteiger partial charge in [0.15, 0.2) is 0 Å². The lowest BCUT2D eigenvalue weighted by molar-refractivity contribution is 1.11. The van der Waals surface area contributed by atoms with E-state index in [1.165, 1.54) is 0 Å². The van der Waals surface area contributed by atoms with Crippen molar-refractivity contribution >= 4 is 29.0 Å². The molecule has 2 N–H and O–H groups in total. The Kier molecular flexibility index (Phi) is 4.94. The maximum atomic E-state index is 9.67. The monoisotopic (exact) mass is 367 g/mol. The van der Waals surface area contributed by atoms with Crippen molar-refractivity contribution in [1.82, 2.24) is 4.98 Å². The molecule has 0 bridgehead atoms. The summed E-state index contributed by atoms with van der Waals surface area (Å²) in [7, 11) is 0. The molecule has 0 aliphatic rings. The van der Waals surface area contributed by atoms with E-state index in [1.54, 1.807) is 18.2 Å². The fraction of sp³-hybridized carbons (Fsp3) is 0.100. The predicted octanol–water partition coefficient (Wildman–Crippen LogP) is 5.74. The summed E-state index contributed by atoms with van der Waals surface area (Å²) in [6.45, 7) is 2.01. The van der Waals surface area contributed by atoms with E-state index in [-0.39, 0.29) is 5.82 Å². The van der Waals surface area contributed by atoms with Crippen LogP contribution in [0.1, 0.15) is 18.1 Å². The number of nitrogens with two attached hydrogens (primary N) is 1. The summed E-state index contributed by atoms with van der Waals surface area (Å²) in [4.78, 5) is 4.50. The molecule has 1 heterocycles. The molecule has 0 unspecified atom stereocenters. The van der Waals surface area contributed by atoms with Gasteiger partial charge in [0.05, 0.1) is 5.69 Å². The quantitative estimate of drug-likeness (QED) is 0.641. The van der Waals surface area contributed by atoms with Gasteiger partial charge in [-0.2, -0.15) is 5.26 Å². The van der Waals surface area contributed by atoms with E-state index in [9.17, 15) is 5.26 Å². The van der Waals surface area contributed by atoms with Gasteiger partial charge in [-0.3, -0.25) is 0 Å². The average Bonchev–Trinajstić information content (AvgIpc) is 2.62. The number of nitrogen functional groups attached to an aromatic ring is 1. The molecule has 124 valence electrons. The molecule has 1 aromatic heterocycles. The molecule has 0 saturated heterocycles. The fourth-order valence-corrected chi connectivity index (χ4v) is 3.53. The van der Waals surface area contributed by atoms with Crippen molar-refractivity contribution in [1.29, 1.82) is 5.26 Å². The topological polar surface area (TPSA) is 62.7 Å². The van der Waals surface area contributed by atoms with Crippen LogP contribution in [0.5, 0.6) is 0 Å². The highest BCUT2D eigenvalue weighted by atomic mass is 35.5. The molecular formula is C20H15Cl2N3. The minimum atomic E-state index is 0.171. The van der Waals surface area contributed by atoms with Crippen LogP contribution in [0.25, 0.3) is 22.4 Å². The first-order chi connectivity index (χ1) is 12.1. The minimum absolute atomic E-state index is 0.171. The van der Waals surface area contributed by atoms with Gasteiger partial charge >= 0.3 is 0 Å². The second-order valence-corrected chi connectivity index (χ2v) is 6.32. The molecule has 0 aliphatic carbocycles. The van der Waals surface area contributed by atoms with Gasteiger partial charge in [-0.15, -0.1) is 0 Å². The Bertz CT molecular complexity index is 956. The van der Waals surface area contributed by atoms with Crippen LogP contribution in [0.3, 0.4) is 0 Å². The Morgan fingerprint density at radius 3 is 2.20 bits per heavy atom. The second kappa shape index (κ2) is 7.14. The number of pyridine rings is 1. The Morgan fingerprint density at radius 2 is 1.64 bits per heavy atom. The number of rotatable bonds is 3. The number of hydrogen-bond donors (Lipinski definition) is 1. The van der Waals surface area contributed by atoms with Crippen LogP contribution in [0.2, 0.25) is 10.0 Å². The number of nitriles is 1. The normalized spacial score (nSPS) is 10.5. The van der Waals surface area contributed by atoms with Gasteiger partial charge in [0.25, 0.3) is 0 Å². The van der Waals surface area contributed by atoms with Crippen LogP contribution in [0.15, 0.2) is 48.5 Å². The Hall–Kier alpha value is -2.54. The van der Waals surface area contributed by atoms with Crippen molar-refractivity contribution < 1.29 is 0 Å². The van der Waals surface area contributed by atoms with Crippen LogP contribution in [-0.4, -0.2) is 4.98 Å². The van der Waals surface area contributed by atoms with Crippen molar-refractivity contribution in [3.63, 3.8) is 0 Å². The summed E-state index contributed by atoms with van der Waals surface area (Å²) in [5.41, 5.74) is 10.3. The number of nitrogens with zero attached hydrogens (tertiary/aromatic N) is 2. The van der Waals surface area contributed by atoms with E-state index in [1.807, 2.05) is 37.3 Å². The zero-order chi connectivity index (χ0) is 18.0. The van der Waals surface area contributed by atoms with Crippen LogP contribution >= 0.6 is 23.2 Å². The highest BCUT2D eigenvalue weighted by Crippen LogP contribution is 2.42. The minimum Gasteiger partial charge on any atom is -0.383 e. The molecule has 0 aliphatic heterocycles. The highest BCUT2D eigenvalue weighted by molar-refractivity contribution is 6.39. The molecule has 0 saturated carbocycles. The molecule has 0 spiro atoms. The van der Waals surface area contributed by atoms with E-state index >= 15 is 0 Å². The third kappa shape index (κ3) is 3.07. The number of hydrogen-bond acceptors (Lipinski definition) is 3. The molecule has 0 amide bonds. The van der Waals surface area contributed by atoms with Gasteiger partial charge in [0.2, 0.25) is 0 Å². The number of benzene rings is 2. The Morgan fingerprint density at radius 1 is 1.00 bits per heavy atom. The Labute approximate surface area is 156 Å². The molecule has 0 fully saturated rings. The van der Waals surface area contributed by atoms with Gasteiger partial charge in [-0.25, -0.2) is 4.98 Å². The first-order valence-corrected chi connectivity index (χ1v) is 8.56. The number of anilines is 1. The molecule has 0 radical (unpaired) electrons. The molecule has 5 heteroatoms. The van der Waals surface area contributed by atoms with Gasteiger partial charge < -0.3 is 5.73 Å². The summed E-state index contributed by atoms with van der Waals surface area (Å²) < 4.78 is 0. The third-order valence-corrected chi connectivity index (χ3v) is 4.68.